The van der Waals surface area contributed by atoms with Crippen LogP contribution in [0.4, 0.5) is 0 Å². The van der Waals surface area contributed by atoms with Crippen molar-refractivity contribution in [1.82, 2.24) is 15.0 Å². The van der Waals surface area contributed by atoms with Gasteiger partial charge < -0.3 is 0 Å². The molecule has 1 atom stereocenters. The highest BCUT2D eigenvalue weighted by Gasteiger charge is 2.45. The van der Waals surface area contributed by atoms with Crippen molar-refractivity contribution in [3.8, 4) is 45.3 Å². The molecule has 50 heavy (non-hydrogen) atoms. The van der Waals surface area contributed by atoms with E-state index in [-0.39, 0.29) is 5.41 Å². The van der Waals surface area contributed by atoms with Gasteiger partial charge >= 0.3 is 0 Å². The molecule has 1 aliphatic heterocycles. The summed E-state index contributed by atoms with van der Waals surface area (Å²) in [6, 6.07) is 55.9. The molecule has 7 aromatic rings. The third-order valence-electron chi connectivity index (χ3n) is 9.77. The third kappa shape index (κ3) is 5.29. The second-order valence-electron chi connectivity index (χ2n) is 12.7. The molecule has 9 rings (SSSR count). The number of rotatable bonds is 6. The van der Waals surface area contributed by atoms with E-state index in [0.29, 0.717) is 17.5 Å². The van der Waals surface area contributed by atoms with Crippen LogP contribution in [0.2, 0.25) is 0 Å². The predicted molar refractivity (Wildman–Crippen MR) is 205 cm³/mol. The monoisotopic (exact) mass is 659 g/mol. The summed E-state index contributed by atoms with van der Waals surface area (Å²) >= 11 is 1.88. The smallest absolute Gasteiger partial charge is 0.164 e. The molecule has 1 unspecified atom stereocenters. The fraction of sp³-hybridized carbons (Fsp3) is 0.0652. The molecule has 2 heterocycles. The normalized spacial score (nSPS) is 16.3. The number of benzene rings is 6. The third-order valence-corrected chi connectivity index (χ3v) is 10.9. The van der Waals surface area contributed by atoms with Crippen LogP contribution in [0.25, 0.3) is 45.3 Å². The maximum atomic E-state index is 4.93. The van der Waals surface area contributed by atoms with Gasteiger partial charge in [-0.25, -0.2) is 15.0 Å². The highest BCUT2D eigenvalue weighted by molar-refractivity contribution is 7.99. The zero-order valence-corrected chi connectivity index (χ0v) is 28.2. The molecule has 1 aromatic heterocycles. The average molecular weight is 660 g/mol. The Bertz CT molecular complexity index is 2330. The van der Waals surface area contributed by atoms with E-state index >= 15 is 0 Å². The molecule has 0 radical (unpaired) electrons. The summed E-state index contributed by atoms with van der Waals surface area (Å²) in [5.74, 6) is 1.98. The van der Waals surface area contributed by atoms with E-state index in [9.17, 15) is 0 Å². The fourth-order valence-corrected chi connectivity index (χ4v) is 8.65. The van der Waals surface area contributed by atoms with Crippen molar-refractivity contribution in [1.29, 1.82) is 0 Å². The van der Waals surface area contributed by atoms with Crippen molar-refractivity contribution in [2.75, 3.05) is 0 Å². The van der Waals surface area contributed by atoms with Crippen molar-refractivity contribution in [3.63, 3.8) is 0 Å². The van der Waals surface area contributed by atoms with Crippen molar-refractivity contribution < 1.29 is 0 Å². The topological polar surface area (TPSA) is 38.7 Å². The van der Waals surface area contributed by atoms with Crippen LogP contribution in [0.5, 0.6) is 0 Å². The van der Waals surface area contributed by atoms with E-state index in [1.54, 1.807) is 0 Å². The molecule has 0 bridgehead atoms. The van der Waals surface area contributed by atoms with Crippen molar-refractivity contribution in [2.45, 2.75) is 28.0 Å². The first-order chi connectivity index (χ1) is 24.8. The van der Waals surface area contributed by atoms with Crippen LogP contribution in [0.1, 0.15) is 29.5 Å². The SMILES string of the molecule is C1=CCCC(C2(c3ccccc3)c3ccccc3Sc3cc(-c4ccc(-c5nc(-c6ccccc6)nc(-c6ccccc6)n5)cc4)ccc32)=C1. The number of fused-ring (bicyclic) bond motifs is 2. The van der Waals surface area contributed by atoms with Gasteiger partial charge in [-0.2, -0.15) is 0 Å². The van der Waals surface area contributed by atoms with E-state index in [2.05, 4.69) is 115 Å². The lowest BCUT2D eigenvalue weighted by Gasteiger charge is -2.44. The summed E-state index contributed by atoms with van der Waals surface area (Å²) in [5, 5.41) is 0. The molecule has 0 spiro atoms. The molecule has 0 fully saturated rings. The number of nitrogens with zero attached hydrogens (tertiary/aromatic N) is 3. The molecule has 3 nitrogen and oxygen atoms in total. The van der Waals surface area contributed by atoms with Crippen molar-refractivity contribution >= 4 is 11.8 Å². The minimum absolute atomic E-state index is 0.350. The van der Waals surface area contributed by atoms with Crippen molar-refractivity contribution in [2.24, 2.45) is 0 Å². The predicted octanol–water partition coefficient (Wildman–Crippen LogP) is 11.6. The van der Waals surface area contributed by atoms with Crippen LogP contribution in [-0.4, -0.2) is 15.0 Å². The fourth-order valence-electron chi connectivity index (χ4n) is 7.42. The Balaban J connectivity index is 1.14. The Morgan fingerprint density at radius 2 is 0.980 bits per heavy atom. The van der Waals surface area contributed by atoms with Crippen LogP contribution in [0.15, 0.2) is 191 Å². The Morgan fingerprint density at radius 3 is 1.60 bits per heavy atom. The summed E-state index contributed by atoms with van der Waals surface area (Å²) in [6.45, 7) is 0. The zero-order valence-electron chi connectivity index (χ0n) is 27.4. The Hall–Kier alpha value is -5.84. The lowest BCUT2D eigenvalue weighted by atomic mass is 9.62. The Kier molecular flexibility index (Phi) is 7.79. The maximum Gasteiger partial charge on any atom is 0.164 e. The number of aromatic nitrogens is 3. The van der Waals surface area contributed by atoms with Gasteiger partial charge in [0.15, 0.2) is 17.5 Å². The number of hydrogen-bond acceptors (Lipinski definition) is 4. The number of hydrogen-bond donors (Lipinski definition) is 0. The molecule has 0 amide bonds. The van der Waals surface area contributed by atoms with E-state index in [1.165, 1.54) is 37.6 Å². The van der Waals surface area contributed by atoms with Crippen LogP contribution in [0, 0.1) is 0 Å². The van der Waals surface area contributed by atoms with E-state index < -0.39 is 0 Å². The van der Waals surface area contributed by atoms with E-state index in [0.717, 1.165) is 35.1 Å². The standard InChI is InChI=1S/C46H33N3S/c1-5-15-33(16-6-1)43-47-44(34-17-7-2-8-18-34)49-45(48-43)35-27-25-32(26-28-35)36-29-30-40-42(31-36)50-41-24-14-13-23-39(41)46(40,37-19-9-3-10-20-37)38-21-11-4-12-22-38/h1-11,13-21,23-31H,12,22H2. The van der Waals surface area contributed by atoms with Gasteiger partial charge in [-0.3, -0.25) is 0 Å². The van der Waals surface area contributed by atoms with Crippen LogP contribution in [0.3, 0.4) is 0 Å². The minimum atomic E-state index is -0.350. The Morgan fingerprint density at radius 1 is 0.460 bits per heavy atom. The largest absolute Gasteiger partial charge is 0.208 e. The summed E-state index contributed by atoms with van der Waals surface area (Å²) in [7, 11) is 0. The minimum Gasteiger partial charge on any atom is -0.208 e. The van der Waals surface area contributed by atoms with Crippen LogP contribution in [-0.2, 0) is 5.41 Å². The lowest BCUT2D eigenvalue weighted by molar-refractivity contribution is 0.646. The van der Waals surface area contributed by atoms with E-state index in [4.69, 9.17) is 15.0 Å². The first kappa shape index (κ1) is 30.2. The molecule has 0 N–H and O–H groups in total. The molecule has 0 saturated carbocycles. The summed E-state index contributed by atoms with van der Waals surface area (Å²) in [4.78, 5) is 17.3. The number of allylic oxidation sites excluding steroid dienone is 4. The second-order valence-corrected chi connectivity index (χ2v) is 13.8. The van der Waals surface area contributed by atoms with Gasteiger partial charge in [-0.1, -0.05) is 181 Å². The van der Waals surface area contributed by atoms with Gasteiger partial charge in [-0.05, 0) is 52.8 Å². The van der Waals surface area contributed by atoms with Gasteiger partial charge in [0.1, 0.15) is 0 Å². The first-order valence-electron chi connectivity index (χ1n) is 17.1. The van der Waals surface area contributed by atoms with Gasteiger partial charge in [-0.15, -0.1) is 0 Å². The molecule has 1 aliphatic carbocycles. The van der Waals surface area contributed by atoms with Crippen molar-refractivity contribution in [3.05, 3.63) is 198 Å². The summed E-state index contributed by atoms with van der Waals surface area (Å²) in [6.07, 6.45) is 8.95. The highest BCUT2D eigenvalue weighted by Crippen LogP contribution is 2.57. The molecule has 0 saturated heterocycles. The molecular weight excluding hydrogens is 627 g/mol. The molecule has 4 heteroatoms. The van der Waals surface area contributed by atoms with Gasteiger partial charge in [0, 0.05) is 26.5 Å². The van der Waals surface area contributed by atoms with E-state index in [1.807, 2.05) is 72.4 Å². The molecule has 2 aliphatic rings. The Labute approximate surface area is 297 Å². The quantitative estimate of drug-likeness (QED) is 0.178. The van der Waals surface area contributed by atoms with Gasteiger partial charge in [0.05, 0.1) is 5.41 Å². The average Bonchev–Trinajstić information content (AvgIpc) is 3.21. The lowest BCUT2D eigenvalue weighted by Crippen LogP contribution is -2.35. The first-order valence-corrected chi connectivity index (χ1v) is 17.9. The summed E-state index contributed by atoms with van der Waals surface area (Å²) in [5.41, 5.74) is 10.3. The van der Waals surface area contributed by atoms with Crippen LogP contribution < -0.4 is 0 Å². The maximum absolute atomic E-state index is 4.93. The van der Waals surface area contributed by atoms with Gasteiger partial charge in [0.25, 0.3) is 0 Å². The van der Waals surface area contributed by atoms with Gasteiger partial charge in [0.2, 0.25) is 0 Å². The second kappa shape index (κ2) is 12.9. The zero-order chi connectivity index (χ0) is 33.3. The molecule has 238 valence electrons. The summed E-state index contributed by atoms with van der Waals surface area (Å²) < 4.78 is 0. The molecule has 6 aromatic carbocycles. The molecular formula is C46H33N3S. The van der Waals surface area contributed by atoms with Crippen LogP contribution >= 0.6 is 11.8 Å². The highest BCUT2D eigenvalue weighted by atomic mass is 32.2.